The van der Waals surface area contributed by atoms with Crippen molar-refractivity contribution in [2.75, 3.05) is 22.9 Å². The first kappa shape index (κ1) is 15.6. The van der Waals surface area contributed by atoms with Crippen molar-refractivity contribution < 1.29 is 18.8 Å². The molecule has 128 valence electrons. The van der Waals surface area contributed by atoms with Crippen LogP contribution in [0.4, 0.5) is 11.4 Å². The predicted molar refractivity (Wildman–Crippen MR) is 92.7 cm³/mol. The normalized spacial score (nSPS) is 17.6. The number of aldehydes is 1. The number of benzene rings is 1. The SMILES string of the molecule is O=Cc1ccc(-c2ccc(N3CCCC3=O)cc2N2CCCC2=O)o1. The van der Waals surface area contributed by atoms with E-state index in [0.29, 0.717) is 38.0 Å². The molecule has 0 radical (unpaired) electrons. The molecule has 4 rings (SSSR count). The van der Waals surface area contributed by atoms with Gasteiger partial charge in [-0.25, -0.2) is 0 Å². The van der Waals surface area contributed by atoms with Crippen LogP contribution in [0.1, 0.15) is 36.2 Å². The largest absolute Gasteiger partial charge is 0.453 e. The van der Waals surface area contributed by atoms with E-state index in [4.69, 9.17) is 4.42 Å². The van der Waals surface area contributed by atoms with Gasteiger partial charge >= 0.3 is 0 Å². The van der Waals surface area contributed by atoms with Gasteiger partial charge in [0.1, 0.15) is 5.76 Å². The molecule has 2 saturated heterocycles. The van der Waals surface area contributed by atoms with Gasteiger partial charge in [-0.3, -0.25) is 14.4 Å². The minimum Gasteiger partial charge on any atom is -0.453 e. The molecule has 1 aromatic heterocycles. The fraction of sp³-hybridized carbons (Fsp3) is 0.316. The molecule has 0 bridgehead atoms. The average Bonchev–Trinajstić information content (AvgIpc) is 3.35. The van der Waals surface area contributed by atoms with Crippen LogP contribution in [-0.4, -0.2) is 31.2 Å². The molecule has 3 heterocycles. The van der Waals surface area contributed by atoms with E-state index in [1.54, 1.807) is 21.9 Å². The highest BCUT2D eigenvalue weighted by molar-refractivity contribution is 6.01. The number of carbonyl (C=O) groups excluding carboxylic acids is 3. The molecule has 0 N–H and O–H groups in total. The number of hydrogen-bond acceptors (Lipinski definition) is 4. The zero-order valence-electron chi connectivity index (χ0n) is 13.7. The van der Waals surface area contributed by atoms with Crippen molar-refractivity contribution in [3.05, 3.63) is 36.1 Å². The maximum Gasteiger partial charge on any atom is 0.227 e. The quantitative estimate of drug-likeness (QED) is 0.804. The number of anilines is 2. The Hall–Kier alpha value is -2.89. The number of amides is 2. The Balaban J connectivity index is 1.81. The highest BCUT2D eigenvalue weighted by Crippen LogP contribution is 2.38. The van der Waals surface area contributed by atoms with Gasteiger partial charge in [0, 0.05) is 37.2 Å². The summed E-state index contributed by atoms with van der Waals surface area (Å²) in [6, 6.07) is 8.94. The molecule has 1 aromatic carbocycles. The molecule has 2 aromatic rings. The van der Waals surface area contributed by atoms with Gasteiger partial charge in [0.05, 0.1) is 5.69 Å². The van der Waals surface area contributed by atoms with Crippen LogP contribution in [0.25, 0.3) is 11.3 Å². The zero-order chi connectivity index (χ0) is 17.4. The molecule has 0 saturated carbocycles. The molecular weight excluding hydrogens is 320 g/mol. The van der Waals surface area contributed by atoms with Gasteiger partial charge in [-0.2, -0.15) is 0 Å². The van der Waals surface area contributed by atoms with Gasteiger partial charge in [-0.05, 0) is 43.2 Å². The van der Waals surface area contributed by atoms with E-state index in [2.05, 4.69) is 0 Å². The van der Waals surface area contributed by atoms with Crippen molar-refractivity contribution in [2.45, 2.75) is 25.7 Å². The van der Waals surface area contributed by atoms with Gasteiger partial charge in [0.15, 0.2) is 12.0 Å². The van der Waals surface area contributed by atoms with Gasteiger partial charge in [0.2, 0.25) is 11.8 Å². The van der Waals surface area contributed by atoms with E-state index >= 15 is 0 Å². The average molecular weight is 338 g/mol. The van der Waals surface area contributed by atoms with Crippen LogP contribution in [0.2, 0.25) is 0 Å². The predicted octanol–water partition coefficient (Wildman–Crippen LogP) is 3.01. The topological polar surface area (TPSA) is 70.8 Å². The lowest BCUT2D eigenvalue weighted by Crippen LogP contribution is -2.26. The second-order valence-corrected chi connectivity index (χ2v) is 6.32. The third-order valence-corrected chi connectivity index (χ3v) is 4.74. The molecule has 6 nitrogen and oxygen atoms in total. The Kier molecular flexibility index (Phi) is 3.87. The number of nitrogens with zero attached hydrogens (tertiary/aromatic N) is 2. The fourth-order valence-electron chi connectivity index (χ4n) is 3.50. The van der Waals surface area contributed by atoms with Crippen LogP contribution in [0.3, 0.4) is 0 Å². The molecule has 0 aliphatic carbocycles. The van der Waals surface area contributed by atoms with Gasteiger partial charge in [-0.15, -0.1) is 0 Å². The summed E-state index contributed by atoms with van der Waals surface area (Å²) in [7, 11) is 0. The number of furan rings is 1. The molecule has 6 heteroatoms. The van der Waals surface area contributed by atoms with E-state index in [1.807, 2.05) is 18.2 Å². The number of carbonyl (C=O) groups is 3. The molecule has 2 amide bonds. The van der Waals surface area contributed by atoms with Crippen LogP contribution in [0, 0.1) is 0 Å². The van der Waals surface area contributed by atoms with Gasteiger partial charge < -0.3 is 14.2 Å². The van der Waals surface area contributed by atoms with E-state index < -0.39 is 0 Å². The number of rotatable bonds is 4. The molecule has 2 aliphatic heterocycles. The lowest BCUT2D eigenvalue weighted by atomic mass is 10.1. The third kappa shape index (κ3) is 2.73. The standard InChI is InChI=1S/C19H18N2O4/c22-12-14-6-8-17(25-14)15-7-5-13(20-9-1-3-18(20)23)11-16(15)21-10-2-4-19(21)24/h5-8,11-12H,1-4,9-10H2. The maximum absolute atomic E-state index is 12.3. The van der Waals surface area contributed by atoms with E-state index in [-0.39, 0.29) is 17.6 Å². The Morgan fingerprint density at radius 3 is 2.24 bits per heavy atom. The highest BCUT2D eigenvalue weighted by atomic mass is 16.3. The van der Waals surface area contributed by atoms with Crippen molar-refractivity contribution in [3.63, 3.8) is 0 Å². The Bertz CT molecular complexity index is 855. The first-order valence-electron chi connectivity index (χ1n) is 8.47. The lowest BCUT2D eigenvalue weighted by molar-refractivity contribution is -0.117. The van der Waals surface area contributed by atoms with Gasteiger partial charge in [-0.1, -0.05) is 0 Å². The summed E-state index contributed by atoms with van der Waals surface area (Å²) in [5, 5.41) is 0. The maximum atomic E-state index is 12.3. The summed E-state index contributed by atoms with van der Waals surface area (Å²) in [5.74, 6) is 0.949. The second-order valence-electron chi connectivity index (χ2n) is 6.32. The molecule has 0 spiro atoms. The zero-order valence-corrected chi connectivity index (χ0v) is 13.7. The molecule has 2 fully saturated rings. The van der Waals surface area contributed by atoms with Gasteiger partial charge in [0.25, 0.3) is 0 Å². The first-order chi connectivity index (χ1) is 12.2. The number of hydrogen-bond donors (Lipinski definition) is 0. The summed E-state index contributed by atoms with van der Waals surface area (Å²) < 4.78 is 5.55. The molecule has 25 heavy (non-hydrogen) atoms. The molecule has 2 aliphatic rings. The lowest BCUT2D eigenvalue weighted by Gasteiger charge is -2.23. The fourth-order valence-corrected chi connectivity index (χ4v) is 3.50. The van der Waals surface area contributed by atoms with Crippen molar-refractivity contribution in [3.8, 4) is 11.3 Å². The summed E-state index contributed by atoms with van der Waals surface area (Å²) >= 11 is 0. The molecule has 0 unspecified atom stereocenters. The summed E-state index contributed by atoms with van der Waals surface area (Å²) in [6.45, 7) is 1.34. The molecular formula is C19H18N2O4. The third-order valence-electron chi connectivity index (χ3n) is 4.74. The van der Waals surface area contributed by atoms with E-state index in [0.717, 1.165) is 29.8 Å². The minimum atomic E-state index is 0.0633. The summed E-state index contributed by atoms with van der Waals surface area (Å²) in [6.07, 6.45) is 3.38. The van der Waals surface area contributed by atoms with E-state index in [9.17, 15) is 14.4 Å². The Morgan fingerprint density at radius 1 is 0.920 bits per heavy atom. The Morgan fingerprint density at radius 2 is 1.64 bits per heavy atom. The van der Waals surface area contributed by atoms with Crippen LogP contribution in [0.15, 0.2) is 34.7 Å². The van der Waals surface area contributed by atoms with Crippen LogP contribution in [0.5, 0.6) is 0 Å². The smallest absolute Gasteiger partial charge is 0.227 e. The van der Waals surface area contributed by atoms with Crippen LogP contribution in [-0.2, 0) is 9.59 Å². The second kappa shape index (κ2) is 6.20. The summed E-state index contributed by atoms with van der Waals surface area (Å²) in [4.78, 5) is 38.7. The van der Waals surface area contributed by atoms with Crippen molar-refractivity contribution in [1.82, 2.24) is 0 Å². The first-order valence-corrected chi connectivity index (χ1v) is 8.47. The monoisotopic (exact) mass is 338 g/mol. The van der Waals surface area contributed by atoms with Crippen molar-refractivity contribution in [2.24, 2.45) is 0 Å². The highest BCUT2D eigenvalue weighted by Gasteiger charge is 2.28. The molecule has 0 atom stereocenters. The van der Waals surface area contributed by atoms with Crippen molar-refractivity contribution >= 4 is 29.5 Å². The summed E-state index contributed by atoms with van der Waals surface area (Å²) in [5.41, 5.74) is 2.27. The van der Waals surface area contributed by atoms with Crippen LogP contribution >= 0.6 is 0 Å². The minimum absolute atomic E-state index is 0.0633. The van der Waals surface area contributed by atoms with Crippen LogP contribution < -0.4 is 9.80 Å². The van der Waals surface area contributed by atoms with Crippen molar-refractivity contribution in [1.29, 1.82) is 0 Å². The van der Waals surface area contributed by atoms with E-state index in [1.165, 1.54) is 0 Å². The Labute approximate surface area is 145 Å².